The molecule has 2 fully saturated rings. The van der Waals surface area contributed by atoms with Gasteiger partial charge in [-0.15, -0.1) is 0 Å². The van der Waals surface area contributed by atoms with Crippen LogP contribution in [0.3, 0.4) is 0 Å². The molecule has 2 aliphatic heterocycles. The van der Waals surface area contributed by atoms with E-state index in [-0.39, 0.29) is 23.8 Å². The van der Waals surface area contributed by atoms with Gasteiger partial charge in [-0.3, -0.25) is 0 Å². The van der Waals surface area contributed by atoms with E-state index in [2.05, 4.69) is 15.9 Å². The lowest BCUT2D eigenvalue weighted by molar-refractivity contribution is 0.404. The van der Waals surface area contributed by atoms with Crippen molar-refractivity contribution in [1.29, 1.82) is 0 Å². The third-order valence-electron chi connectivity index (χ3n) is 4.01. The molecule has 2 bridgehead atoms. The average molecular weight is 317 g/mol. The Hall–Kier alpha value is -0.680. The molecule has 2 unspecified atom stereocenters. The van der Waals surface area contributed by atoms with E-state index in [9.17, 15) is 8.78 Å². The molecule has 1 aromatic carbocycles. The highest BCUT2D eigenvalue weighted by molar-refractivity contribution is 9.10. The number of piperidine rings is 1. The van der Waals surface area contributed by atoms with Gasteiger partial charge < -0.3 is 10.6 Å². The fourth-order valence-corrected chi connectivity index (χ4v) is 3.77. The summed E-state index contributed by atoms with van der Waals surface area (Å²) in [7, 11) is 0. The molecule has 2 nitrogen and oxygen atoms in total. The fourth-order valence-electron chi connectivity index (χ4n) is 3.37. The van der Waals surface area contributed by atoms with Crippen molar-refractivity contribution >= 4 is 21.6 Å². The zero-order chi connectivity index (χ0) is 12.9. The Bertz CT molecular complexity index is 443. The van der Waals surface area contributed by atoms with Crippen LogP contribution in [0.15, 0.2) is 16.6 Å². The lowest BCUT2D eigenvalue weighted by Crippen LogP contribution is -2.48. The third-order valence-corrected chi connectivity index (χ3v) is 4.47. The van der Waals surface area contributed by atoms with E-state index in [0.717, 1.165) is 25.7 Å². The van der Waals surface area contributed by atoms with Crippen molar-refractivity contribution in [3.05, 3.63) is 28.2 Å². The second-order valence-electron chi connectivity index (χ2n) is 5.24. The maximum atomic E-state index is 14.0. The van der Waals surface area contributed by atoms with Crippen molar-refractivity contribution in [3.8, 4) is 0 Å². The van der Waals surface area contributed by atoms with Gasteiger partial charge in [-0.2, -0.15) is 0 Å². The Labute approximate surface area is 113 Å². The normalized spacial score (nSPS) is 30.9. The molecule has 3 rings (SSSR count). The summed E-state index contributed by atoms with van der Waals surface area (Å²) in [6.07, 6.45) is 3.61. The average Bonchev–Trinajstić information content (AvgIpc) is 2.53. The quantitative estimate of drug-likeness (QED) is 0.862. The first kappa shape index (κ1) is 12.4. The van der Waals surface area contributed by atoms with Crippen LogP contribution in [0.2, 0.25) is 0 Å². The molecular formula is C13H15BrF2N2. The first-order valence-corrected chi connectivity index (χ1v) is 7.04. The number of rotatable bonds is 1. The Kier molecular flexibility index (Phi) is 3.06. The maximum absolute atomic E-state index is 14.0. The van der Waals surface area contributed by atoms with E-state index in [1.807, 2.05) is 4.90 Å². The van der Waals surface area contributed by atoms with Crippen molar-refractivity contribution in [3.63, 3.8) is 0 Å². The topological polar surface area (TPSA) is 29.3 Å². The minimum absolute atomic E-state index is 0.123. The van der Waals surface area contributed by atoms with Gasteiger partial charge in [-0.05, 0) is 37.8 Å². The van der Waals surface area contributed by atoms with Crippen LogP contribution in [-0.4, -0.2) is 18.1 Å². The van der Waals surface area contributed by atoms with Crippen LogP contribution in [0.5, 0.6) is 0 Å². The van der Waals surface area contributed by atoms with E-state index in [1.165, 1.54) is 12.1 Å². The van der Waals surface area contributed by atoms with Gasteiger partial charge >= 0.3 is 0 Å². The van der Waals surface area contributed by atoms with Crippen LogP contribution in [0.1, 0.15) is 25.7 Å². The molecule has 1 aromatic rings. The summed E-state index contributed by atoms with van der Waals surface area (Å²) in [4.78, 5) is 1.92. The standard InChI is InChI=1S/C13H15BrF2N2/c14-7-3-11(15)13(12(16)4-7)18-9-1-2-10(18)6-8(17)5-9/h3-4,8-10H,1-2,5-6,17H2. The number of nitrogens with zero attached hydrogens (tertiary/aromatic N) is 1. The first-order chi connectivity index (χ1) is 8.56. The smallest absolute Gasteiger partial charge is 0.150 e. The highest BCUT2D eigenvalue weighted by Crippen LogP contribution is 2.41. The highest BCUT2D eigenvalue weighted by Gasteiger charge is 2.41. The van der Waals surface area contributed by atoms with Crippen molar-refractivity contribution in [2.75, 3.05) is 4.90 Å². The number of anilines is 1. The first-order valence-electron chi connectivity index (χ1n) is 6.24. The Morgan fingerprint density at radius 3 is 2.11 bits per heavy atom. The number of nitrogens with two attached hydrogens (primary N) is 1. The Balaban J connectivity index is 2.01. The summed E-state index contributed by atoms with van der Waals surface area (Å²) in [5, 5.41) is 0. The van der Waals surface area contributed by atoms with Crippen LogP contribution < -0.4 is 10.6 Å². The molecular weight excluding hydrogens is 302 g/mol. The maximum Gasteiger partial charge on any atom is 0.150 e. The molecule has 0 saturated carbocycles. The van der Waals surface area contributed by atoms with E-state index < -0.39 is 11.6 Å². The summed E-state index contributed by atoms with van der Waals surface area (Å²) in [6, 6.07) is 3.19. The van der Waals surface area contributed by atoms with Crippen LogP contribution in [-0.2, 0) is 0 Å². The number of fused-ring (bicyclic) bond motifs is 2. The van der Waals surface area contributed by atoms with Crippen LogP contribution in [0.4, 0.5) is 14.5 Å². The van der Waals surface area contributed by atoms with Gasteiger partial charge in [0.1, 0.15) is 5.69 Å². The SMILES string of the molecule is NC1CC2CCC(C1)N2c1c(F)cc(Br)cc1F. The summed E-state index contributed by atoms with van der Waals surface area (Å²) in [6.45, 7) is 0. The molecule has 0 aromatic heterocycles. The van der Waals surface area contributed by atoms with Gasteiger partial charge in [0.2, 0.25) is 0 Å². The van der Waals surface area contributed by atoms with E-state index in [1.54, 1.807) is 0 Å². The van der Waals surface area contributed by atoms with Crippen LogP contribution in [0.25, 0.3) is 0 Å². The molecule has 2 N–H and O–H groups in total. The second kappa shape index (κ2) is 4.46. The molecule has 2 saturated heterocycles. The zero-order valence-electron chi connectivity index (χ0n) is 9.87. The van der Waals surface area contributed by atoms with Gasteiger partial charge in [-0.25, -0.2) is 8.78 Å². The lowest BCUT2D eigenvalue weighted by Gasteiger charge is -2.39. The molecule has 18 heavy (non-hydrogen) atoms. The monoisotopic (exact) mass is 316 g/mol. The molecule has 2 aliphatic rings. The van der Waals surface area contributed by atoms with E-state index in [4.69, 9.17) is 5.73 Å². The van der Waals surface area contributed by atoms with Gasteiger partial charge in [0, 0.05) is 22.6 Å². The van der Waals surface area contributed by atoms with Gasteiger partial charge in [0.15, 0.2) is 11.6 Å². The van der Waals surface area contributed by atoms with Crippen molar-refractivity contribution in [2.45, 2.75) is 43.8 Å². The summed E-state index contributed by atoms with van der Waals surface area (Å²) in [5.41, 5.74) is 6.10. The molecule has 5 heteroatoms. The lowest BCUT2D eigenvalue weighted by atomic mass is 9.97. The predicted octanol–water partition coefficient (Wildman–Crippen LogP) is 3.19. The number of hydrogen-bond acceptors (Lipinski definition) is 2. The molecule has 98 valence electrons. The molecule has 0 amide bonds. The van der Waals surface area contributed by atoms with Gasteiger partial charge in [-0.1, -0.05) is 15.9 Å². The van der Waals surface area contributed by atoms with Crippen molar-refractivity contribution in [1.82, 2.24) is 0 Å². The zero-order valence-corrected chi connectivity index (χ0v) is 11.5. The van der Waals surface area contributed by atoms with E-state index in [0.29, 0.717) is 4.47 Å². The third kappa shape index (κ3) is 1.93. The van der Waals surface area contributed by atoms with E-state index >= 15 is 0 Å². The number of halogens is 3. The molecule has 2 heterocycles. The number of benzene rings is 1. The van der Waals surface area contributed by atoms with Crippen molar-refractivity contribution < 1.29 is 8.78 Å². The molecule has 0 spiro atoms. The van der Waals surface area contributed by atoms with Gasteiger partial charge in [0.25, 0.3) is 0 Å². The molecule has 0 radical (unpaired) electrons. The largest absolute Gasteiger partial charge is 0.361 e. The van der Waals surface area contributed by atoms with Gasteiger partial charge in [0.05, 0.1) is 0 Å². The Morgan fingerprint density at radius 1 is 1.11 bits per heavy atom. The molecule has 2 atom stereocenters. The Morgan fingerprint density at radius 2 is 1.61 bits per heavy atom. The predicted molar refractivity (Wildman–Crippen MR) is 70.6 cm³/mol. The van der Waals surface area contributed by atoms with Crippen LogP contribution >= 0.6 is 15.9 Å². The highest BCUT2D eigenvalue weighted by atomic mass is 79.9. The van der Waals surface area contributed by atoms with Crippen LogP contribution in [0, 0.1) is 11.6 Å². The summed E-state index contributed by atoms with van der Waals surface area (Å²) >= 11 is 3.11. The van der Waals surface area contributed by atoms with Crippen molar-refractivity contribution in [2.24, 2.45) is 5.73 Å². The second-order valence-corrected chi connectivity index (χ2v) is 6.16. The minimum atomic E-state index is -0.491. The molecule has 0 aliphatic carbocycles. The fraction of sp³-hybridized carbons (Fsp3) is 0.538. The summed E-state index contributed by atoms with van der Waals surface area (Å²) < 4.78 is 28.5. The number of hydrogen-bond donors (Lipinski definition) is 1. The summed E-state index contributed by atoms with van der Waals surface area (Å²) in [5.74, 6) is -0.983. The minimum Gasteiger partial charge on any atom is -0.361 e.